The number of benzene rings is 2. The highest BCUT2D eigenvalue weighted by molar-refractivity contribution is 5.79. The zero-order chi connectivity index (χ0) is 28.5. The van der Waals surface area contributed by atoms with Crippen molar-refractivity contribution in [1.82, 2.24) is 29.7 Å². The van der Waals surface area contributed by atoms with Crippen LogP contribution >= 0.6 is 0 Å². The lowest BCUT2D eigenvalue weighted by Crippen LogP contribution is -2.11. The molecule has 11 heteroatoms. The number of halogens is 3. The summed E-state index contributed by atoms with van der Waals surface area (Å²) in [6.45, 7) is 9.80. The van der Waals surface area contributed by atoms with Crippen LogP contribution in [0.15, 0.2) is 60.9 Å². The Bertz CT molecular complexity index is 1600. The van der Waals surface area contributed by atoms with E-state index in [2.05, 4.69) is 75.9 Å². The highest BCUT2D eigenvalue weighted by Gasteiger charge is 2.32. The Kier molecular flexibility index (Phi) is 7.22. The fraction of sp³-hybridized carbons (Fsp3) is 0.310. The molecule has 5 aromatic rings. The molecule has 8 nitrogen and oxygen atoms in total. The third-order valence-electron chi connectivity index (χ3n) is 6.44. The van der Waals surface area contributed by atoms with Crippen LogP contribution in [0.5, 0.6) is 11.6 Å². The first-order valence-electron chi connectivity index (χ1n) is 12.9. The van der Waals surface area contributed by atoms with Crippen molar-refractivity contribution in [2.24, 2.45) is 0 Å². The number of hydrogen-bond donors (Lipinski definition) is 2. The third-order valence-corrected chi connectivity index (χ3v) is 6.44. The van der Waals surface area contributed by atoms with Gasteiger partial charge >= 0.3 is 6.18 Å². The largest absolute Gasteiger partial charge is 0.438 e. The quantitative estimate of drug-likeness (QED) is 0.219. The maximum Gasteiger partial charge on any atom is 0.434 e. The van der Waals surface area contributed by atoms with Crippen LogP contribution < -0.4 is 10.1 Å². The van der Waals surface area contributed by atoms with Crippen molar-refractivity contribution in [2.75, 3.05) is 5.32 Å². The molecule has 0 spiro atoms. The van der Waals surface area contributed by atoms with E-state index in [4.69, 9.17) is 9.72 Å². The van der Waals surface area contributed by atoms with Gasteiger partial charge in [-0.2, -0.15) is 18.3 Å². The predicted molar refractivity (Wildman–Crippen MR) is 146 cm³/mol. The van der Waals surface area contributed by atoms with Crippen molar-refractivity contribution in [3.05, 3.63) is 89.1 Å². The molecule has 0 aliphatic carbocycles. The second-order valence-electron chi connectivity index (χ2n) is 10.5. The van der Waals surface area contributed by atoms with Crippen LogP contribution in [0.25, 0.3) is 11.0 Å². The zero-order valence-corrected chi connectivity index (χ0v) is 22.7. The highest BCUT2D eigenvalue weighted by atomic mass is 19.4. The second-order valence-corrected chi connectivity index (χ2v) is 10.5. The molecule has 208 valence electrons. The number of H-pyrrole nitrogens is 1. The van der Waals surface area contributed by atoms with E-state index < -0.39 is 11.9 Å². The van der Waals surface area contributed by atoms with Gasteiger partial charge in [-0.3, -0.25) is 5.10 Å². The second kappa shape index (κ2) is 10.6. The molecule has 0 unspecified atom stereocenters. The summed E-state index contributed by atoms with van der Waals surface area (Å²) < 4.78 is 45.7. The Morgan fingerprint density at radius 1 is 0.925 bits per heavy atom. The van der Waals surface area contributed by atoms with E-state index in [1.54, 1.807) is 12.1 Å². The molecule has 40 heavy (non-hydrogen) atoms. The summed E-state index contributed by atoms with van der Waals surface area (Å²) in [5.74, 6) is 1.20. The third kappa shape index (κ3) is 6.08. The van der Waals surface area contributed by atoms with E-state index >= 15 is 0 Å². The Hall–Kier alpha value is -4.41. The normalized spacial score (nSPS) is 12.2. The van der Waals surface area contributed by atoms with Gasteiger partial charge in [0.25, 0.3) is 0 Å². The van der Waals surface area contributed by atoms with Crippen LogP contribution in [-0.2, 0) is 31.1 Å². The minimum Gasteiger partial charge on any atom is -0.438 e. The standard InChI is InChI=1S/C29H30F3N7O/c1-5-39-23-13-19(12-20-14-24(38-37-20)28(2,3)4)8-11-22(23)36-27(39)35-15-18-6-9-21(10-7-18)40-26-17-33-25(16-34-26)29(30,31)32/h6-11,13-14,16-17H,5,12,15H2,1-4H3,(H,35,36)(H,37,38). The van der Waals surface area contributed by atoms with Crippen LogP contribution in [0.2, 0.25) is 0 Å². The van der Waals surface area contributed by atoms with Gasteiger partial charge in [0.15, 0.2) is 5.69 Å². The van der Waals surface area contributed by atoms with Gasteiger partial charge in [0.1, 0.15) is 5.75 Å². The number of alkyl halides is 3. The van der Waals surface area contributed by atoms with Gasteiger partial charge in [-0.25, -0.2) is 15.0 Å². The first-order valence-corrected chi connectivity index (χ1v) is 12.9. The van der Waals surface area contributed by atoms with Crippen LogP contribution in [0, 0.1) is 0 Å². The fourth-order valence-corrected chi connectivity index (χ4v) is 4.28. The first-order chi connectivity index (χ1) is 19.0. The van der Waals surface area contributed by atoms with E-state index in [0.29, 0.717) is 18.5 Å². The van der Waals surface area contributed by atoms with Crippen LogP contribution in [0.1, 0.15) is 55.9 Å². The lowest BCUT2D eigenvalue weighted by atomic mass is 9.92. The van der Waals surface area contributed by atoms with Gasteiger partial charge in [-0.05, 0) is 48.4 Å². The van der Waals surface area contributed by atoms with E-state index in [1.165, 1.54) is 5.56 Å². The summed E-state index contributed by atoms with van der Waals surface area (Å²) in [5.41, 5.74) is 5.16. The van der Waals surface area contributed by atoms with Crippen LogP contribution in [0.3, 0.4) is 0 Å². The fourth-order valence-electron chi connectivity index (χ4n) is 4.28. The maximum atomic E-state index is 12.7. The number of aromatic amines is 1. The smallest absolute Gasteiger partial charge is 0.434 e. The van der Waals surface area contributed by atoms with Gasteiger partial charge in [0.2, 0.25) is 11.8 Å². The average molecular weight is 550 g/mol. The van der Waals surface area contributed by atoms with Crippen molar-refractivity contribution in [3.63, 3.8) is 0 Å². The number of ether oxygens (including phenoxy) is 1. The molecule has 2 aromatic carbocycles. The molecule has 0 saturated heterocycles. The summed E-state index contributed by atoms with van der Waals surface area (Å²) in [7, 11) is 0. The summed E-state index contributed by atoms with van der Waals surface area (Å²) >= 11 is 0. The van der Waals surface area contributed by atoms with Gasteiger partial charge in [0.05, 0.1) is 29.1 Å². The molecule has 0 saturated carbocycles. The minimum absolute atomic E-state index is 0.00575. The molecule has 3 aromatic heterocycles. The van der Waals surface area contributed by atoms with E-state index in [0.717, 1.165) is 53.1 Å². The highest BCUT2D eigenvalue weighted by Crippen LogP contribution is 2.28. The Morgan fingerprint density at radius 3 is 2.30 bits per heavy atom. The van der Waals surface area contributed by atoms with Gasteiger partial charge in [-0.1, -0.05) is 39.0 Å². The van der Waals surface area contributed by atoms with E-state index in [1.807, 2.05) is 18.2 Å². The molecular weight excluding hydrogens is 519 g/mol. The maximum absolute atomic E-state index is 12.7. The van der Waals surface area contributed by atoms with E-state index in [9.17, 15) is 13.2 Å². The topological polar surface area (TPSA) is 93.5 Å². The molecule has 0 amide bonds. The van der Waals surface area contributed by atoms with Crippen molar-refractivity contribution in [3.8, 4) is 11.6 Å². The van der Waals surface area contributed by atoms with Crippen LogP contribution in [-0.4, -0.2) is 29.7 Å². The minimum atomic E-state index is -4.54. The van der Waals surface area contributed by atoms with Gasteiger partial charge in [-0.15, -0.1) is 0 Å². The molecule has 5 rings (SSSR count). The Morgan fingerprint density at radius 2 is 1.68 bits per heavy atom. The molecule has 0 fully saturated rings. The van der Waals surface area contributed by atoms with Gasteiger partial charge < -0.3 is 14.6 Å². The number of aryl methyl sites for hydroxylation is 1. The van der Waals surface area contributed by atoms with Crippen molar-refractivity contribution < 1.29 is 17.9 Å². The number of nitrogens with one attached hydrogen (secondary N) is 2. The van der Waals surface area contributed by atoms with Crippen molar-refractivity contribution in [2.45, 2.75) is 58.8 Å². The number of anilines is 1. The first kappa shape index (κ1) is 27.2. The molecule has 0 aliphatic heterocycles. The number of imidazole rings is 1. The lowest BCUT2D eigenvalue weighted by molar-refractivity contribution is -0.141. The Labute approximate surface area is 229 Å². The zero-order valence-electron chi connectivity index (χ0n) is 22.7. The lowest BCUT2D eigenvalue weighted by Gasteiger charge is -2.13. The molecule has 0 bridgehead atoms. The average Bonchev–Trinajstić information content (AvgIpc) is 3.52. The molecule has 2 N–H and O–H groups in total. The summed E-state index contributed by atoms with van der Waals surface area (Å²) in [4.78, 5) is 11.8. The molecule has 0 atom stereocenters. The molecule has 3 heterocycles. The number of nitrogens with zero attached hydrogens (tertiary/aromatic N) is 5. The van der Waals surface area contributed by atoms with E-state index in [-0.39, 0.29) is 11.3 Å². The van der Waals surface area contributed by atoms with Crippen LogP contribution in [0.4, 0.5) is 19.1 Å². The molecular formula is C29H30F3N7O. The van der Waals surface area contributed by atoms with Crippen molar-refractivity contribution in [1.29, 1.82) is 0 Å². The SMILES string of the molecule is CCn1c(NCc2ccc(Oc3cnc(C(F)(F)F)cn3)cc2)nc2ccc(Cc3cc(C(C)(C)C)n[nH]3)cc21. The molecule has 0 aliphatic rings. The number of hydrogen-bond acceptors (Lipinski definition) is 6. The number of rotatable bonds is 8. The monoisotopic (exact) mass is 549 g/mol. The number of aromatic nitrogens is 6. The van der Waals surface area contributed by atoms with Gasteiger partial charge in [0, 0.05) is 30.6 Å². The summed E-state index contributed by atoms with van der Waals surface area (Å²) in [5, 5.41) is 11.1. The summed E-state index contributed by atoms with van der Waals surface area (Å²) in [6, 6.07) is 15.6. The number of fused-ring (bicyclic) bond motifs is 1. The summed E-state index contributed by atoms with van der Waals surface area (Å²) in [6.07, 6.45) is -2.19. The Balaban J connectivity index is 1.24. The van der Waals surface area contributed by atoms with Crippen molar-refractivity contribution >= 4 is 17.0 Å². The predicted octanol–water partition coefficient (Wildman–Crippen LogP) is 6.88. The molecule has 0 radical (unpaired) electrons.